The number of amides is 2. The lowest BCUT2D eigenvalue weighted by atomic mass is 10.1. The topological polar surface area (TPSA) is 100 Å². The third-order valence-corrected chi connectivity index (χ3v) is 5.41. The summed E-state index contributed by atoms with van der Waals surface area (Å²) >= 11 is 18.4. The van der Waals surface area contributed by atoms with E-state index in [1.807, 2.05) is 13.0 Å². The predicted molar refractivity (Wildman–Crippen MR) is 142 cm³/mol. The van der Waals surface area contributed by atoms with Crippen LogP contribution in [-0.2, 0) is 9.59 Å². The van der Waals surface area contributed by atoms with Gasteiger partial charge >= 0.3 is 0 Å². The molecule has 0 saturated carbocycles. The second-order valence-corrected chi connectivity index (χ2v) is 8.49. The molecule has 0 aliphatic rings. The number of benzene rings is 3. The van der Waals surface area contributed by atoms with Crippen molar-refractivity contribution in [2.45, 2.75) is 6.92 Å². The van der Waals surface area contributed by atoms with Gasteiger partial charge in [-0.25, -0.2) is 0 Å². The van der Waals surface area contributed by atoms with Gasteiger partial charge in [-0.1, -0.05) is 34.8 Å². The number of rotatable bonds is 9. The molecule has 0 aliphatic carbocycles. The molecular weight excluding hydrogens is 525 g/mol. The Labute approximate surface area is 223 Å². The van der Waals surface area contributed by atoms with Crippen molar-refractivity contribution < 1.29 is 19.1 Å². The molecular formula is C26H20Cl3N3O4. The Morgan fingerprint density at radius 1 is 0.917 bits per heavy atom. The SMILES string of the molecule is CCOc1ccc(NC(=O)/C(C#N)=C/c2cc(Cl)c(OCC(=O)Nc3ccc(Cl)cc3)c(Cl)c2)cc1. The highest BCUT2D eigenvalue weighted by Crippen LogP contribution is 2.35. The van der Waals surface area contributed by atoms with Crippen LogP contribution in [0.25, 0.3) is 6.08 Å². The third-order valence-electron chi connectivity index (χ3n) is 4.60. The minimum Gasteiger partial charge on any atom is -0.494 e. The molecule has 0 saturated heterocycles. The van der Waals surface area contributed by atoms with Crippen LogP contribution in [0.5, 0.6) is 11.5 Å². The summed E-state index contributed by atoms with van der Waals surface area (Å²) in [6.07, 6.45) is 1.35. The van der Waals surface area contributed by atoms with Crippen molar-refractivity contribution >= 4 is 64.1 Å². The zero-order valence-electron chi connectivity index (χ0n) is 19.0. The Kier molecular flexibility index (Phi) is 9.60. The van der Waals surface area contributed by atoms with E-state index in [1.165, 1.54) is 18.2 Å². The summed E-state index contributed by atoms with van der Waals surface area (Å²) in [7, 11) is 0. The molecule has 0 unspecified atom stereocenters. The van der Waals surface area contributed by atoms with Gasteiger partial charge in [0.15, 0.2) is 12.4 Å². The zero-order chi connectivity index (χ0) is 26.1. The number of nitriles is 1. The largest absolute Gasteiger partial charge is 0.494 e. The fourth-order valence-corrected chi connectivity index (χ4v) is 3.72. The Bertz CT molecular complexity index is 1290. The van der Waals surface area contributed by atoms with E-state index in [2.05, 4.69) is 10.6 Å². The summed E-state index contributed by atoms with van der Waals surface area (Å²) in [5.41, 5.74) is 1.30. The van der Waals surface area contributed by atoms with E-state index in [-0.39, 0.29) is 28.0 Å². The molecule has 0 radical (unpaired) electrons. The highest BCUT2D eigenvalue weighted by molar-refractivity contribution is 6.37. The first-order valence-electron chi connectivity index (χ1n) is 10.6. The molecule has 184 valence electrons. The van der Waals surface area contributed by atoms with Crippen molar-refractivity contribution in [1.29, 1.82) is 5.26 Å². The van der Waals surface area contributed by atoms with Crippen LogP contribution in [0.4, 0.5) is 11.4 Å². The molecule has 2 N–H and O–H groups in total. The van der Waals surface area contributed by atoms with E-state index in [4.69, 9.17) is 44.3 Å². The number of anilines is 2. The maximum atomic E-state index is 12.6. The molecule has 3 rings (SSSR count). The molecule has 0 spiro atoms. The molecule has 0 heterocycles. The van der Waals surface area contributed by atoms with Gasteiger partial charge in [-0.3, -0.25) is 9.59 Å². The molecule has 7 nitrogen and oxygen atoms in total. The number of halogens is 3. The summed E-state index contributed by atoms with van der Waals surface area (Å²) in [4.78, 5) is 24.7. The van der Waals surface area contributed by atoms with Crippen molar-refractivity contribution in [3.05, 3.63) is 86.9 Å². The van der Waals surface area contributed by atoms with Crippen LogP contribution in [0.1, 0.15) is 12.5 Å². The van der Waals surface area contributed by atoms with E-state index in [0.29, 0.717) is 34.3 Å². The lowest BCUT2D eigenvalue weighted by Gasteiger charge is -2.11. The maximum Gasteiger partial charge on any atom is 0.266 e. The first-order chi connectivity index (χ1) is 17.3. The first kappa shape index (κ1) is 26.9. The van der Waals surface area contributed by atoms with Crippen LogP contribution in [0.15, 0.2) is 66.2 Å². The molecule has 3 aromatic rings. The van der Waals surface area contributed by atoms with E-state index >= 15 is 0 Å². The fourth-order valence-electron chi connectivity index (χ4n) is 2.98. The number of ether oxygens (including phenoxy) is 2. The summed E-state index contributed by atoms with van der Waals surface area (Å²) < 4.78 is 10.9. The molecule has 10 heteroatoms. The van der Waals surface area contributed by atoms with Crippen molar-refractivity contribution in [2.75, 3.05) is 23.8 Å². The normalized spacial score (nSPS) is 10.8. The minimum absolute atomic E-state index is 0.0964. The molecule has 0 aromatic heterocycles. The zero-order valence-corrected chi connectivity index (χ0v) is 21.2. The Balaban J connectivity index is 1.66. The summed E-state index contributed by atoms with van der Waals surface area (Å²) in [5.74, 6) is -0.265. The van der Waals surface area contributed by atoms with Gasteiger partial charge in [0.25, 0.3) is 11.8 Å². The molecule has 0 aliphatic heterocycles. The standard InChI is InChI=1S/C26H20Cl3N3O4/c1-2-35-21-9-7-20(8-10-21)32-26(34)17(14-30)11-16-12-22(28)25(23(29)13-16)36-15-24(33)31-19-5-3-18(27)4-6-19/h3-13H,2,15H2,1H3,(H,31,33)(H,32,34)/b17-11+. The second-order valence-electron chi connectivity index (χ2n) is 7.24. The Morgan fingerprint density at radius 3 is 2.08 bits per heavy atom. The van der Waals surface area contributed by atoms with Crippen molar-refractivity contribution in [3.63, 3.8) is 0 Å². The van der Waals surface area contributed by atoms with Gasteiger partial charge in [0, 0.05) is 16.4 Å². The molecule has 2 amide bonds. The van der Waals surface area contributed by atoms with Crippen LogP contribution in [0, 0.1) is 11.3 Å². The average molecular weight is 545 g/mol. The van der Waals surface area contributed by atoms with Crippen LogP contribution >= 0.6 is 34.8 Å². The Hall–Kier alpha value is -3.70. The maximum absolute atomic E-state index is 12.6. The molecule has 36 heavy (non-hydrogen) atoms. The minimum atomic E-state index is -0.604. The van der Waals surface area contributed by atoms with Crippen LogP contribution in [-0.4, -0.2) is 25.0 Å². The third kappa shape index (κ3) is 7.65. The number of nitrogens with zero attached hydrogens (tertiary/aromatic N) is 1. The van der Waals surface area contributed by atoms with Crippen LogP contribution in [0.3, 0.4) is 0 Å². The first-order valence-corrected chi connectivity index (χ1v) is 11.8. The average Bonchev–Trinajstić information content (AvgIpc) is 2.84. The van der Waals surface area contributed by atoms with Gasteiger partial charge in [0.05, 0.1) is 16.7 Å². The lowest BCUT2D eigenvalue weighted by Crippen LogP contribution is -2.20. The Morgan fingerprint density at radius 2 is 1.50 bits per heavy atom. The second kappa shape index (κ2) is 12.8. The van der Waals surface area contributed by atoms with Gasteiger partial charge < -0.3 is 20.1 Å². The van der Waals surface area contributed by atoms with Gasteiger partial charge in [0.2, 0.25) is 0 Å². The van der Waals surface area contributed by atoms with E-state index in [0.717, 1.165) is 0 Å². The summed E-state index contributed by atoms with van der Waals surface area (Å²) in [5, 5.41) is 15.6. The van der Waals surface area contributed by atoms with Gasteiger partial charge in [0.1, 0.15) is 17.4 Å². The van der Waals surface area contributed by atoms with Crippen molar-refractivity contribution in [3.8, 4) is 17.6 Å². The van der Waals surface area contributed by atoms with Gasteiger partial charge in [-0.05, 0) is 79.2 Å². The lowest BCUT2D eigenvalue weighted by molar-refractivity contribution is -0.118. The molecule has 0 fully saturated rings. The quantitative estimate of drug-likeness (QED) is 0.233. The monoisotopic (exact) mass is 543 g/mol. The van der Waals surface area contributed by atoms with E-state index in [1.54, 1.807) is 48.5 Å². The van der Waals surface area contributed by atoms with Gasteiger partial charge in [-0.15, -0.1) is 0 Å². The summed E-state index contributed by atoms with van der Waals surface area (Å²) in [6.45, 7) is 2.06. The van der Waals surface area contributed by atoms with Crippen LogP contribution in [0.2, 0.25) is 15.1 Å². The highest BCUT2D eigenvalue weighted by Gasteiger charge is 2.14. The smallest absolute Gasteiger partial charge is 0.266 e. The molecule has 0 bridgehead atoms. The fraction of sp³-hybridized carbons (Fsp3) is 0.115. The summed E-state index contributed by atoms with van der Waals surface area (Å²) in [6, 6.07) is 18.2. The predicted octanol–water partition coefficient (Wildman–Crippen LogP) is 6.61. The van der Waals surface area contributed by atoms with E-state index < -0.39 is 11.8 Å². The van der Waals surface area contributed by atoms with Crippen molar-refractivity contribution in [1.82, 2.24) is 0 Å². The number of carbonyl (C=O) groups excluding carboxylic acids is 2. The molecule has 3 aromatic carbocycles. The number of carbonyl (C=O) groups is 2. The van der Waals surface area contributed by atoms with E-state index in [9.17, 15) is 14.9 Å². The number of hydrogen-bond acceptors (Lipinski definition) is 5. The number of nitrogens with one attached hydrogen (secondary N) is 2. The highest BCUT2D eigenvalue weighted by atomic mass is 35.5. The van der Waals surface area contributed by atoms with Crippen molar-refractivity contribution in [2.24, 2.45) is 0 Å². The van der Waals surface area contributed by atoms with Crippen LogP contribution < -0.4 is 20.1 Å². The van der Waals surface area contributed by atoms with Gasteiger partial charge in [-0.2, -0.15) is 5.26 Å². The molecule has 0 atom stereocenters. The number of hydrogen-bond donors (Lipinski definition) is 2.